The summed E-state index contributed by atoms with van der Waals surface area (Å²) in [5.41, 5.74) is 9.86. The highest BCUT2D eigenvalue weighted by molar-refractivity contribution is 5.82. The number of hydrogen-bond acceptors (Lipinski definition) is 24. The van der Waals surface area contributed by atoms with Crippen molar-refractivity contribution in [2.24, 2.45) is 11.5 Å². The molecule has 0 fully saturated rings. The molecule has 0 bridgehead atoms. The molecule has 36 nitrogen and oxygen atoms in total. The van der Waals surface area contributed by atoms with Crippen molar-refractivity contribution in [3.63, 3.8) is 0 Å². The molecule has 3 aromatic rings. The number of hydrogen-bond donors (Lipinski definition) is 15. The number of aryl methyl sites for hydroxylation is 1. The number of aliphatic carboxylic acids is 4. The van der Waals surface area contributed by atoms with Gasteiger partial charge < -0.3 is 88.9 Å². The van der Waals surface area contributed by atoms with Gasteiger partial charge in [-0.05, 0) is 69.9 Å². The third-order valence-corrected chi connectivity index (χ3v) is 10.9. The van der Waals surface area contributed by atoms with E-state index in [0.717, 1.165) is 39.6 Å². The van der Waals surface area contributed by atoms with Crippen molar-refractivity contribution in [2.75, 3.05) is 94.5 Å². The van der Waals surface area contributed by atoms with Crippen molar-refractivity contribution in [1.29, 1.82) is 0 Å². The highest BCUT2D eigenvalue weighted by Gasteiger charge is 2.21. The van der Waals surface area contributed by atoms with Crippen LogP contribution in [0.1, 0.15) is 89.2 Å². The zero-order chi connectivity index (χ0) is 65.2. The Bertz CT molecular complexity index is 2530. The SMILES string of the molecule is CO.CO.NC(=O)NC(CCC(=O)O)C(=O)O.NC(=O)NC(CCCCNc1nc(NCCN(CCNC(=O)Cn2cc(CCCF)nn2)CCNc2ccc([N+](=O)[O-])c(NCCCCCC=O)n2)ccc1[N+](=O)[O-])C(=O)O.O=CCCCC(=O)O. The van der Waals surface area contributed by atoms with E-state index in [0.29, 0.717) is 108 Å². The fourth-order valence-electron chi connectivity index (χ4n) is 6.89. The van der Waals surface area contributed by atoms with Gasteiger partial charge in [-0.3, -0.25) is 43.9 Å². The normalized spacial score (nSPS) is 10.8. The predicted molar refractivity (Wildman–Crippen MR) is 307 cm³/mol. The zero-order valence-corrected chi connectivity index (χ0v) is 47.8. The number of aromatic nitrogens is 5. The van der Waals surface area contributed by atoms with Crippen LogP contribution in [-0.2, 0) is 46.5 Å². The number of carboxylic acid groups (broad SMARTS) is 4. The van der Waals surface area contributed by atoms with E-state index in [-0.39, 0.29) is 74.2 Å². The fraction of sp³-hybridized carbons (Fsp3) is 0.571. The van der Waals surface area contributed by atoms with Crippen LogP contribution >= 0.6 is 0 Å². The number of aliphatic hydroxyl groups is 2. The molecule has 3 aromatic heterocycles. The summed E-state index contributed by atoms with van der Waals surface area (Å²) in [7, 11) is 2.00. The van der Waals surface area contributed by atoms with Crippen LogP contribution in [0.5, 0.6) is 0 Å². The third kappa shape index (κ3) is 39.0. The number of anilines is 4. The molecule has 0 aliphatic heterocycles. The lowest BCUT2D eigenvalue weighted by molar-refractivity contribution is -0.384. The first-order valence-corrected chi connectivity index (χ1v) is 26.6. The van der Waals surface area contributed by atoms with E-state index in [4.69, 9.17) is 31.3 Å². The maximum atomic E-state index is 12.7. The molecule has 0 aromatic carbocycles. The highest BCUT2D eigenvalue weighted by atomic mass is 19.1. The summed E-state index contributed by atoms with van der Waals surface area (Å²) in [6, 6.07) is 1.29. The zero-order valence-electron chi connectivity index (χ0n) is 47.8. The van der Waals surface area contributed by atoms with Gasteiger partial charge in [-0.1, -0.05) is 11.6 Å². The van der Waals surface area contributed by atoms with Crippen molar-refractivity contribution in [3.8, 4) is 0 Å². The van der Waals surface area contributed by atoms with E-state index in [1.807, 2.05) is 10.2 Å². The number of amides is 5. The molecule has 3 rings (SSSR count). The topological polar surface area (TPSA) is 557 Å². The van der Waals surface area contributed by atoms with E-state index in [1.54, 1.807) is 6.20 Å². The average Bonchev–Trinajstić information content (AvgIpc) is 4.10. The number of pyridine rings is 2. The molecule has 5 amide bonds. The van der Waals surface area contributed by atoms with Gasteiger partial charge in [0.15, 0.2) is 0 Å². The number of nitrogens with two attached hydrogens (primary N) is 2. The Kier molecular flexibility index (Phi) is 44.7. The number of primary amides is 2. The number of urea groups is 2. The first-order chi connectivity index (χ1) is 41.1. The summed E-state index contributed by atoms with van der Waals surface area (Å²) < 4.78 is 13.9. The van der Waals surface area contributed by atoms with Gasteiger partial charge in [0.25, 0.3) is 0 Å². The van der Waals surface area contributed by atoms with Gasteiger partial charge in [-0.15, -0.1) is 5.10 Å². The van der Waals surface area contributed by atoms with Crippen LogP contribution < -0.4 is 48.7 Å². The lowest BCUT2D eigenvalue weighted by atomic mass is 10.1. The number of unbranched alkanes of at least 4 members (excludes halogenated alkanes) is 5. The van der Waals surface area contributed by atoms with E-state index < -0.39 is 64.5 Å². The molecular weight excluding hydrogens is 1150 g/mol. The molecule has 3 heterocycles. The Labute approximate surface area is 492 Å². The second-order valence-electron chi connectivity index (χ2n) is 17.4. The van der Waals surface area contributed by atoms with Crippen molar-refractivity contribution >= 4 is 89.1 Å². The number of carbonyl (C=O) groups is 9. The molecule has 86 heavy (non-hydrogen) atoms. The lowest BCUT2D eigenvalue weighted by Gasteiger charge is -2.23. The minimum atomic E-state index is -1.31. The lowest BCUT2D eigenvalue weighted by Crippen LogP contribution is -2.43. The molecular formula is C49H80FN17O19. The van der Waals surface area contributed by atoms with Gasteiger partial charge >= 0.3 is 47.3 Å². The smallest absolute Gasteiger partial charge is 0.326 e. The van der Waals surface area contributed by atoms with Gasteiger partial charge in [0, 0.05) is 111 Å². The van der Waals surface area contributed by atoms with Gasteiger partial charge in [0.05, 0.1) is 22.2 Å². The van der Waals surface area contributed by atoms with Crippen LogP contribution in [0.4, 0.5) is 48.6 Å². The number of aliphatic hydroxyl groups excluding tert-OH is 2. The molecule has 482 valence electrons. The summed E-state index contributed by atoms with van der Waals surface area (Å²) in [6.45, 7) is 2.32. The summed E-state index contributed by atoms with van der Waals surface area (Å²) in [5.74, 6) is -3.95. The van der Waals surface area contributed by atoms with Gasteiger partial charge in [-0.25, -0.2) is 33.8 Å². The van der Waals surface area contributed by atoms with E-state index in [9.17, 15) is 72.9 Å². The summed E-state index contributed by atoms with van der Waals surface area (Å²) in [6.07, 6.45) is 7.83. The van der Waals surface area contributed by atoms with Crippen molar-refractivity contribution in [3.05, 3.63) is 56.4 Å². The van der Waals surface area contributed by atoms with Crippen molar-refractivity contribution < 1.29 is 88.0 Å². The van der Waals surface area contributed by atoms with Crippen LogP contribution in [0.15, 0.2) is 30.5 Å². The number of nitrogens with one attached hydrogen (secondary N) is 7. The number of aldehydes is 2. The molecule has 0 spiro atoms. The van der Waals surface area contributed by atoms with Gasteiger partial charge in [0.2, 0.25) is 17.5 Å². The highest BCUT2D eigenvalue weighted by Crippen LogP contribution is 2.25. The summed E-state index contributed by atoms with van der Waals surface area (Å²) in [4.78, 5) is 129. The summed E-state index contributed by atoms with van der Waals surface area (Å²) in [5, 5.41) is 98.4. The molecule has 37 heteroatoms. The Morgan fingerprint density at radius 1 is 0.640 bits per heavy atom. The number of nitrogens with zero attached hydrogens (tertiary/aromatic N) is 8. The Morgan fingerprint density at radius 2 is 1.12 bits per heavy atom. The molecule has 17 N–H and O–H groups in total. The largest absolute Gasteiger partial charge is 0.481 e. The third-order valence-electron chi connectivity index (χ3n) is 10.9. The van der Waals surface area contributed by atoms with Gasteiger partial charge in [-0.2, -0.15) is 0 Å². The number of rotatable bonds is 42. The number of nitro groups is 2. The van der Waals surface area contributed by atoms with E-state index in [2.05, 4.69) is 57.9 Å². The van der Waals surface area contributed by atoms with Gasteiger partial charge in [0.1, 0.15) is 42.8 Å². The number of alkyl halides is 1. The quantitative estimate of drug-likeness (QED) is 0.0162. The van der Waals surface area contributed by atoms with Crippen LogP contribution in [0.2, 0.25) is 0 Å². The first kappa shape index (κ1) is 78.5. The molecule has 0 saturated carbocycles. The minimum absolute atomic E-state index is 0.00749. The average molecular weight is 1230 g/mol. The van der Waals surface area contributed by atoms with Crippen LogP contribution in [0.3, 0.4) is 0 Å². The van der Waals surface area contributed by atoms with Crippen molar-refractivity contribution in [2.45, 2.75) is 109 Å². The van der Waals surface area contributed by atoms with E-state index >= 15 is 0 Å². The number of carbonyl (C=O) groups excluding carboxylic acids is 5. The molecule has 2 unspecified atom stereocenters. The fourth-order valence-corrected chi connectivity index (χ4v) is 6.89. The summed E-state index contributed by atoms with van der Waals surface area (Å²) >= 11 is 0. The minimum Gasteiger partial charge on any atom is -0.481 e. The second-order valence-corrected chi connectivity index (χ2v) is 17.4. The Morgan fingerprint density at radius 3 is 1.57 bits per heavy atom. The second kappa shape index (κ2) is 49.0. The molecule has 0 radical (unpaired) electrons. The van der Waals surface area contributed by atoms with Crippen LogP contribution in [0, 0.1) is 20.2 Å². The monoisotopic (exact) mass is 1230 g/mol. The molecule has 2 atom stereocenters. The van der Waals surface area contributed by atoms with E-state index in [1.165, 1.54) is 28.9 Å². The standard InChI is InChI=1S/C36H54FN15O9.C6H10N2O5.C5H8O3.2CH4O/c37-14-7-8-26-24-50(48-47-26)25-32(54)41-19-22-49(20-17-39-30-12-10-28(51(58)59)33(45-30)42-15-4-1-2-6-23-53)21-18-40-31-13-11-29(52(60)61)34(46-31)43-16-5-3-9-27(35(55)56)44-36(38)57;7-6(13)8-3(5(11)12)1-2-4(9)10;6-4-2-1-3-5(7)8;2*1-2/h10-13,23-24,27H,1-9,14-22,25H2,(H,41,54)(H,55,56)(H3,38,44,57)(H2,39,42,45)(H2,40,43,46);3H,1-2H2,(H,9,10)(H,11,12)(H3,7,8,13);4H,1-3H2,(H,7,8);2*2H,1H3. The van der Waals surface area contributed by atoms with Crippen molar-refractivity contribution in [1.82, 2.24) is 45.8 Å². The van der Waals surface area contributed by atoms with Crippen LogP contribution in [-0.4, -0.2) is 210 Å². The molecule has 0 aliphatic carbocycles. The number of carboxylic acids is 4. The maximum absolute atomic E-state index is 12.7. The Hall–Kier alpha value is -9.52. The maximum Gasteiger partial charge on any atom is 0.326 e. The molecule has 0 saturated heterocycles. The number of halogens is 1. The van der Waals surface area contributed by atoms with Crippen LogP contribution in [0.25, 0.3) is 0 Å². The molecule has 0 aliphatic rings. The first-order valence-electron chi connectivity index (χ1n) is 26.6. The Balaban J connectivity index is 0. The predicted octanol–water partition coefficient (Wildman–Crippen LogP) is 0.934.